The summed E-state index contributed by atoms with van der Waals surface area (Å²) in [5, 5.41) is 4.85. The van der Waals surface area contributed by atoms with E-state index in [-0.39, 0.29) is 0 Å². The van der Waals surface area contributed by atoms with Crippen LogP contribution in [0.3, 0.4) is 0 Å². The van der Waals surface area contributed by atoms with Crippen molar-refractivity contribution in [3.63, 3.8) is 0 Å². The molecule has 0 N–H and O–H groups in total. The predicted molar refractivity (Wildman–Crippen MR) is 99.9 cm³/mol. The molecule has 4 aromatic rings. The van der Waals surface area contributed by atoms with Gasteiger partial charge in [-0.2, -0.15) is 0 Å². The van der Waals surface area contributed by atoms with Gasteiger partial charge in [0.15, 0.2) is 0 Å². The highest BCUT2D eigenvalue weighted by atomic mass is 14.8. The minimum atomic E-state index is 0.896. The lowest BCUT2D eigenvalue weighted by atomic mass is 10.0. The highest BCUT2D eigenvalue weighted by Crippen LogP contribution is 2.31. The molecule has 0 aliphatic heterocycles. The molecule has 0 radical (unpaired) electrons. The van der Waals surface area contributed by atoms with Crippen LogP contribution in [0, 0.1) is 0 Å². The van der Waals surface area contributed by atoms with Crippen molar-refractivity contribution >= 4 is 32.6 Å². The first-order valence-electron chi connectivity index (χ1n) is 8.35. The molecule has 2 nitrogen and oxygen atoms in total. The Morgan fingerprint density at radius 1 is 0.826 bits per heavy atom. The third-order valence-corrected chi connectivity index (χ3v) is 3.84. The van der Waals surface area contributed by atoms with Gasteiger partial charge in [0.25, 0.3) is 0 Å². The standard InChI is InChI=1S/C18H14N2.C3H8/c1-2-15-18-17(14-9-5-6-10-16(14)20-15)13-8-4-3-7-12(13)11-19-18;1-3-2/h3-11H,2H2,1H3;3H2,1-2H3. The van der Waals surface area contributed by atoms with Crippen LogP contribution in [0.4, 0.5) is 0 Å². The van der Waals surface area contributed by atoms with Gasteiger partial charge in [-0.3, -0.25) is 9.97 Å². The molecule has 2 aromatic heterocycles. The largest absolute Gasteiger partial charge is 0.254 e. The summed E-state index contributed by atoms with van der Waals surface area (Å²) >= 11 is 0. The summed E-state index contributed by atoms with van der Waals surface area (Å²) in [6.45, 7) is 6.38. The molecule has 2 heteroatoms. The molecule has 0 saturated carbocycles. The normalized spacial score (nSPS) is 10.7. The highest BCUT2D eigenvalue weighted by Gasteiger charge is 2.10. The van der Waals surface area contributed by atoms with Crippen LogP contribution >= 0.6 is 0 Å². The molecule has 0 aliphatic rings. The van der Waals surface area contributed by atoms with E-state index in [1.54, 1.807) is 0 Å². The number of aryl methyl sites for hydroxylation is 1. The zero-order valence-corrected chi connectivity index (χ0v) is 14.0. The Balaban J connectivity index is 0.000000485. The molecule has 0 unspecified atom stereocenters. The summed E-state index contributed by atoms with van der Waals surface area (Å²) in [7, 11) is 0. The SMILES string of the molecule is CCC.CCc1nc2ccccc2c2c1ncc1ccccc12. The summed E-state index contributed by atoms with van der Waals surface area (Å²) in [4.78, 5) is 9.43. The minimum absolute atomic E-state index is 0.896. The van der Waals surface area contributed by atoms with Crippen LogP contribution in [0.2, 0.25) is 0 Å². The molecule has 0 atom stereocenters. The first-order valence-corrected chi connectivity index (χ1v) is 8.35. The van der Waals surface area contributed by atoms with Crippen LogP contribution in [-0.2, 0) is 6.42 Å². The molecule has 2 heterocycles. The van der Waals surface area contributed by atoms with E-state index in [4.69, 9.17) is 4.98 Å². The van der Waals surface area contributed by atoms with Crippen molar-refractivity contribution in [2.45, 2.75) is 33.6 Å². The first-order chi connectivity index (χ1) is 11.3. The Morgan fingerprint density at radius 3 is 2.22 bits per heavy atom. The van der Waals surface area contributed by atoms with Gasteiger partial charge in [-0.05, 0) is 17.9 Å². The number of fused-ring (bicyclic) bond motifs is 5. The van der Waals surface area contributed by atoms with Crippen molar-refractivity contribution < 1.29 is 0 Å². The Kier molecular flexibility index (Phi) is 4.52. The number of aromatic nitrogens is 2. The lowest BCUT2D eigenvalue weighted by Crippen LogP contribution is -1.94. The van der Waals surface area contributed by atoms with Crippen LogP contribution in [0.5, 0.6) is 0 Å². The van der Waals surface area contributed by atoms with E-state index in [1.807, 2.05) is 12.3 Å². The van der Waals surface area contributed by atoms with Crippen molar-refractivity contribution in [1.82, 2.24) is 9.97 Å². The van der Waals surface area contributed by atoms with Gasteiger partial charge in [0.1, 0.15) is 0 Å². The zero-order valence-electron chi connectivity index (χ0n) is 14.0. The summed E-state index contributed by atoms with van der Waals surface area (Å²) in [6.07, 6.45) is 4.10. The molecule has 0 aliphatic carbocycles. The summed E-state index contributed by atoms with van der Waals surface area (Å²) in [6, 6.07) is 16.8. The second-order valence-electron chi connectivity index (χ2n) is 5.71. The zero-order chi connectivity index (χ0) is 16.2. The smallest absolute Gasteiger partial charge is 0.0930 e. The molecule has 0 fully saturated rings. The monoisotopic (exact) mass is 302 g/mol. The van der Waals surface area contributed by atoms with Gasteiger partial charge in [0.2, 0.25) is 0 Å². The average Bonchev–Trinajstić information content (AvgIpc) is 2.61. The number of benzene rings is 2. The molecule has 23 heavy (non-hydrogen) atoms. The van der Waals surface area contributed by atoms with E-state index in [0.717, 1.165) is 23.1 Å². The average molecular weight is 302 g/mol. The summed E-state index contributed by atoms with van der Waals surface area (Å²) < 4.78 is 0. The van der Waals surface area contributed by atoms with Gasteiger partial charge < -0.3 is 0 Å². The second-order valence-corrected chi connectivity index (χ2v) is 5.71. The van der Waals surface area contributed by atoms with Crippen LogP contribution in [0.15, 0.2) is 54.7 Å². The highest BCUT2D eigenvalue weighted by molar-refractivity contribution is 6.18. The van der Waals surface area contributed by atoms with E-state index >= 15 is 0 Å². The summed E-state index contributed by atoms with van der Waals surface area (Å²) in [5.74, 6) is 0. The Morgan fingerprint density at radius 2 is 1.48 bits per heavy atom. The van der Waals surface area contributed by atoms with Crippen LogP contribution < -0.4 is 0 Å². The number of pyridine rings is 2. The Labute approximate surface area is 137 Å². The van der Waals surface area contributed by atoms with Crippen molar-refractivity contribution in [3.8, 4) is 0 Å². The second kappa shape index (κ2) is 6.74. The minimum Gasteiger partial charge on any atom is -0.254 e. The number of hydrogen-bond acceptors (Lipinski definition) is 2. The molecule has 0 saturated heterocycles. The number of rotatable bonds is 1. The maximum Gasteiger partial charge on any atom is 0.0930 e. The van der Waals surface area contributed by atoms with E-state index in [2.05, 4.69) is 68.2 Å². The molecule has 0 bridgehead atoms. The molecular formula is C21H22N2. The fourth-order valence-electron chi connectivity index (χ4n) is 2.88. The van der Waals surface area contributed by atoms with E-state index < -0.39 is 0 Å². The molecule has 116 valence electrons. The van der Waals surface area contributed by atoms with E-state index in [1.165, 1.54) is 28.0 Å². The van der Waals surface area contributed by atoms with Gasteiger partial charge in [0.05, 0.1) is 16.7 Å². The van der Waals surface area contributed by atoms with Gasteiger partial charge in [-0.25, -0.2) is 0 Å². The number of nitrogens with zero attached hydrogens (tertiary/aromatic N) is 2. The van der Waals surface area contributed by atoms with Crippen LogP contribution in [0.1, 0.15) is 32.9 Å². The van der Waals surface area contributed by atoms with Crippen LogP contribution in [0.25, 0.3) is 32.6 Å². The lowest BCUT2D eigenvalue weighted by molar-refractivity contribution is 1.07. The Bertz CT molecular complexity index is 942. The Hall–Kier alpha value is -2.48. The fraction of sp³-hybridized carbons (Fsp3) is 0.238. The third-order valence-electron chi connectivity index (χ3n) is 3.84. The maximum absolute atomic E-state index is 4.77. The van der Waals surface area contributed by atoms with E-state index in [0.29, 0.717) is 0 Å². The van der Waals surface area contributed by atoms with Gasteiger partial charge in [-0.1, -0.05) is 69.7 Å². The third kappa shape index (κ3) is 2.77. The molecule has 0 spiro atoms. The van der Waals surface area contributed by atoms with Crippen molar-refractivity contribution in [1.29, 1.82) is 0 Å². The maximum atomic E-state index is 4.77. The number of hydrogen-bond donors (Lipinski definition) is 0. The fourth-order valence-corrected chi connectivity index (χ4v) is 2.88. The summed E-state index contributed by atoms with van der Waals surface area (Å²) in [5.41, 5.74) is 3.16. The number of para-hydroxylation sites is 1. The van der Waals surface area contributed by atoms with Gasteiger partial charge >= 0.3 is 0 Å². The predicted octanol–water partition coefficient (Wildman–Crippen LogP) is 5.91. The van der Waals surface area contributed by atoms with Crippen molar-refractivity contribution in [2.24, 2.45) is 0 Å². The topological polar surface area (TPSA) is 25.8 Å². The molecule has 4 rings (SSSR count). The lowest BCUT2D eigenvalue weighted by Gasteiger charge is -2.10. The van der Waals surface area contributed by atoms with Gasteiger partial charge in [0, 0.05) is 22.4 Å². The van der Waals surface area contributed by atoms with Crippen LogP contribution in [-0.4, -0.2) is 9.97 Å². The molecular weight excluding hydrogens is 280 g/mol. The quantitative estimate of drug-likeness (QED) is 0.408. The van der Waals surface area contributed by atoms with Crippen molar-refractivity contribution in [3.05, 3.63) is 60.4 Å². The van der Waals surface area contributed by atoms with Crippen molar-refractivity contribution in [2.75, 3.05) is 0 Å². The molecule has 2 aromatic carbocycles. The molecule has 0 amide bonds. The van der Waals surface area contributed by atoms with Gasteiger partial charge in [-0.15, -0.1) is 0 Å². The first kappa shape index (κ1) is 15.4. The van der Waals surface area contributed by atoms with E-state index in [9.17, 15) is 0 Å².